The normalized spacial score (nSPS) is 13.4. The fraction of sp³-hybridized carbons (Fsp3) is 0.423. The molecule has 0 unspecified atom stereocenters. The van der Waals surface area contributed by atoms with E-state index in [2.05, 4.69) is 10.1 Å². The van der Waals surface area contributed by atoms with Crippen LogP contribution in [-0.4, -0.2) is 56.5 Å². The fourth-order valence-corrected chi connectivity index (χ4v) is 4.08. The van der Waals surface area contributed by atoms with Gasteiger partial charge in [0, 0.05) is 12.6 Å². The number of aromatic nitrogens is 3. The van der Waals surface area contributed by atoms with Crippen LogP contribution in [0.1, 0.15) is 44.6 Å². The number of rotatable bonds is 10. The highest BCUT2D eigenvalue weighted by molar-refractivity contribution is 5.77. The van der Waals surface area contributed by atoms with Gasteiger partial charge in [-0.15, -0.1) is 0 Å². The van der Waals surface area contributed by atoms with Crippen molar-refractivity contribution in [2.75, 3.05) is 19.8 Å². The highest BCUT2D eigenvalue weighted by Gasteiger charge is 2.39. The summed E-state index contributed by atoms with van der Waals surface area (Å²) in [7, 11) is 0. The summed E-state index contributed by atoms with van der Waals surface area (Å²) in [6.07, 6.45) is 0.160. The predicted octanol–water partition coefficient (Wildman–Crippen LogP) is 3.87. The molecule has 3 N–H and O–H groups in total. The second-order valence-corrected chi connectivity index (χ2v) is 9.78. The van der Waals surface area contributed by atoms with Crippen molar-refractivity contribution in [2.45, 2.75) is 45.8 Å². The number of halogens is 3. The number of nitrogens with zero attached hydrogens (tertiary/aromatic N) is 4. The summed E-state index contributed by atoms with van der Waals surface area (Å²) in [5, 5.41) is 14.2. The van der Waals surface area contributed by atoms with E-state index in [-0.39, 0.29) is 30.9 Å². The van der Waals surface area contributed by atoms with E-state index in [1.54, 1.807) is 4.68 Å². The minimum atomic E-state index is -0.779. The van der Waals surface area contributed by atoms with Gasteiger partial charge < -0.3 is 15.7 Å². The Hall–Kier alpha value is -3.24. The first-order valence-corrected chi connectivity index (χ1v) is 11.7. The maximum absolute atomic E-state index is 14.6. The maximum atomic E-state index is 14.6. The van der Waals surface area contributed by atoms with E-state index in [0.29, 0.717) is 5.82 Å². The number of hydrogen-bond donors (Lipinski definition) is 2. The number of carbonyl (C=O) groups is 1. The second kappa shape index (κ2) is 11.7. The molecule has 0 aliphatic heterocycles. The van der Waals surface area contributed by atoms with Crippen molar-refractivity contribution in [1.82, 2.24) is 19.7 Å². The molecule has 1 heterocycles. The molecule has 7 nitrogen and oxygen atoms in total. The zero-order valence-corrected chi connectivity index (χ0v) is 20.7. The molecule has 2 aromatic carbocycles. The lowest BCUT2D eigenvalue weighted by Crippen LogP contribution is -2.45. The van der Waals surface area contributed by atoms with E-state index >= 15 is 0 Å². The van der Waals surface area contributed by atoms with Crippen molar-refractivity contribution < 1.29 is 23.1 Å². The second-order valence-electron chi connectivity index (χ2n) is 9.78. The minimum absolute atomic E-state index is 0.0379. The van der Waals surface area contributed by atoms with Crippen LogP contribution in [-0.2, 0) is 11.3 Å². The Kier molecular flexibility index (Phi) is 8.86. The Morgan fingerprint density at radius 1 is 1.17 bits per heavy atom. The van der Waals surface area contributed by atoms with Crippen molar-refractivity contribution in [1.29, 1.82) is 0 Å². The van der Waals surface area contributed by atoms with Crippen molar-refractivity contribution in [3.8, 4) is 11.4 Å². The van der Waals surface area contributed by atoms with Crippen LogP contribution in [0.2, 0.25) is 0 Å². The van der Waals surface area contributed by atoms with Gasteiger partial charge >= 0.3 is 0 Å². The predicted molar refractivity (Wildman–Crippen MR) is 130 cm³/mol. The van der Waals surface area contributed by atoms with Crippen molar-refractivity contribution in [3.63, 3.8) is 0 Å². The van der Waals surface area contributed by atoms with Crippen LogP contribution in [0.15, 0.2) is 48.5 Å². The molecule has 36 heavy (non-hydrogen) atoms. The lowest BCUT2D eigenvalue weighted by atomic mass is 9.84. The van der Waals surface area contributed by atoms with Gasteiger partial charge in [0.15, 0.2) is 11.6 Å². The average Bonchev–Trinajstić information content (AvgIpc) is 3.24. The van der Waals surface area contributed by atoms with E-state index < -0.39 is 48.3 Å². The molecule has 0 bridgehead atoms. The molecular formula is C26H32F3N5O2. The molecule has 2 atom stereocenters. The SMILES string of the molecule is CC(C)(C)[C@H](c1nc(-c2cc(F)ccc2F)nn1Cc1ccccc1)N(CC[C@@H](N)CF)C(=O)CO. The monoisotopic (exact) mass is 503 g/mol. The first-order valence-electron chi connectivity index (χ1n) is 11.7. The van der Waals surface area contributed by atoms with E-state index in [0.717, 1.165) is 23.8 Å². The van der Waals surface area contributed by atoms with Gasteiger partial charge in [-0.1, -0.05) is 51.1 Å². The highest BCUT2D eigenvalue weighted by Crippen LogP contribution is 2.39. The van der Waals surface area contributed by atoms with Crippen molar-refractivity contribution in [3.05, 3.63) is 71.6 Å². The highest BCUT2D eigenvalue weighted by atomic mass is 19.1. The summed E-state index contributed by atoms with van der Waals surface area (Å²) in [6, 6.07) is 10.9. The Morgan fingerprint density at radius 2 is 1.86 bits per heavy atom. The first kappa shape index (κ1) is 27.3. The molecule has 10 heteroatoms. The van der Waals surface area contributed by atoms with E-state index in [9.17, 15) is 23.1 Å². The number of benzene rings is 2. The summed E-state index contributed by atoms with van der Waals surface area (Å²) in [6.45, 7) is 4.44. The van der Waals surface area contributed by atoms with Gasteiger partial charge in [-0.25, -0.2) is 22.8 Å². The van der Waals surface area contributed by atoms with Crippen LogP contribution in [0.4, 0.5) is 13.2 Å². The van der Waals surface area contributed by atoms with Crippen LogP contribution >= 0.6 is 0 Å². The number of aliphatic hydroxyl groups excluding tert-OH is 1. The molecule has 0 radical (unpaired) electrons. The number of amides is 1. The van der Waals surface area contributed by atoms with Gasteiger partial charge in [-0.05, 0) is 35.6 Å². The van der Waals surface area contributed by atoms with Crippen LogP contribution < -0.4 is 5.73 Å². The molecule has 1 aromatic heterocycles. The van der Waals surface area contributed by atoms with Gasteiger partial charge in [0.2, 0.25) is 5.91 Å². The molecule has 0 saturated heterocycles. The van der Waals surface area contributed by atoms with Crippen LogP contribution in [0.25, 0.3) is 11.4 Å². The Balaban J connectivity index is 2.18. The standard InChI is InChI=1S/C26H32F3N5O2/c1-26(2,3)23(33(22(36)16-35)12-11-19(30)14-27)25-31-24(20-13-18(28)9-10-21(20)29)32-34(25)15-17-7-5-4-6-8-17/h4-10,13,19,23,35H,11-12,14-16,30H2,1-3H3/t19-,23+/m1/s1. The molecular weight excluding hydrogens is 471 g/mol. The number of hydrogen-bond acceptors (Lipinski definition) is 5. The molecule has 1 amide bonds. The quantitative estimate of drug-likeness (QED) is 0.438. The lowest BCUT2D eigenvalue weighted by molar-refractivity contribution is -0.139. The number of alkyl halides is 1. The van der Waals surface area contributed by atoms with Gasteiger partial charge in [0.25, 0.3) is 0 Å². The van der Waals surface area contributed by atoms with Crippen molar-refractivity contribution in [2.24, 2.45) is 11.1 Å². The minimum Gasteiger partial charge on any atom is -0.387 e. The van der Waals surface area contributed by atoms with Gasteiger partial charge in [0.05, 0.1) is 18.2 Å². The van der Waals surface area contributed by atoms with Crippen LogP contribution in [0.3, 0.4) is 0 Å². The molecule has 0 aliphatic rings. The van der Waals surface area contributed by atoms with E-state index in [1.807, 2.05) is 51.1 Å². The molecule has 0 spiro atoms. The number of nitrogens with two attached hydrogens (primary N) is 1. The van der Waals surface area contributed by atoms with Gasteiger partial charge in [0.1, 0.15) is 24.9 Å². The largest absolute Gasteiger partial charge is 0.387 e. The smallest absolute Gasteiger partial charge is 0.248 e. The van der Waals surface area contributed by atoms with Crippen molar-refractivity contribution >= 4 is 5.91 Å². The average molecular weight is 504 g/mol. The zero-order chi connectivity index (χ0) is 26.5. The van der Waals surface area contributed by atoms with Crippen LogP contribution in [0.5, 0.6) is 0 Å². The maximum Gasteiger partial charge on any atom is 0.248 e. The molecule has 3 rings (SSSR count). The number of aliphatic hydroxyl groups is 1. The third-order valence-electron chi connectivity index (χ3n) is 5.82. The Morgan fingerprint density at radius 3 is 2.47 bits per heavy atom. The topological polar surface area (TPSA) is 97.3 Å². The summed E-state index contributed by atoms with van der Waals surface area (Å²) >= 11 is 0. The van der Waals surface area contributed by atoms with Crippen LogP contribution in [0, 0.1) is 17.0 Å². The summed E-state index contributed by atoms with van der Waals surface area (Å²) in [5.74, 6) is -1.64. The first-order chi connectivity index (χ1) is 17.0. The molecule has 0 aliphatic carbocycles. The Bertz CT molecular complexity index is 1160. The summed E-state index contributed by atoms with van der Waals surface area (Å²) in [4.78, 5) is 18.9. The molecule has 194 valence electrons. The molecule has 3 aromatic rings. The summed E-state index contributed by atoms with van der Waals surface area (Å²) in [5.41, 5.74) is 5.89. The molecule has 0 saturated carbocycles. The Labute approximate surface area is 208 Å². The third kappa shape index (κ3) is 6.50. The fourth-order valence-electron chi connectivity index (χ4n) is 4.08. The van der Waals surface area contributed by atoms with Gasteiger partial charge in [-0.3, -0.25) is 4.79 Å². The third-order valence-corrected chi connectivity index (χ3v) is 5.82. The zero-order valence-electron chi connectivity index (χ0n) is 20.7. The lowest BCUT2D eigenvalue weighted by Gasteiger charge is -2.39. The van der Waals surface area contributed by atoms with E-state index in [4.69, 9.17) is 5.73 Å². The molecule has 0 fully saturated rings. The van der Waals surface area contributed by atoms with Gasteiger partial charge in [-0.2, -0.15) is 5.10 Å². The summed E-state index contributed by atoms with van der Waals surface area (Å²) < 4.78 is 43.2. The number of carbonyl (C=O) groups excluding carboxylic acids is 1. The van der Waals surface area contributed by atoms with E-state index in [1.165, 1.54) is 4.90 Å².